The van der Waals surface area contributed by atoms with Gasteiger partial charge in [0, 0.05) is 37.3 Å². The summed E-state index contributed by atoms with van der Waals surface area (Å²) < 4.78 is 5.35. The third kappa shape index (κ3) is 4.63. The molecular formula is C15H23NOS. The van der Waals surface area contributed by atoms with Crippen LogP contribution in [-0.2, 0) is 10.5 Å². The number of aryl methyl sites for hydroxylation is 1. The van der Waals surface area contributed by atoms with Gasteiger partial charge < -0.3 is 10.1 Å². The van der Waals surface area contributed by atoms with E-state index in [9.17, 15) is 0 Å². The molecule has 2 rings (SSSR count). The van der Waals surface area contributed by atoms with Crippen molar-refractivity contribution in [3.8, 4) is 0 Å². The molecule has 2 nitrogen and oxygen atoms in total. The SMILES string of the molecule is Cc1ccccc1CSCCNC1CCOCC1. The summed E-state index contributed by atoms with van der Waals surface area (Å²) in [7, 11) is 0. The van der Waals surface area contributed by atoms with Gasteiger partial charge in [-0.05, 0) is 30.9 Å². The molecule has 0 aliphatic carbocycles. The molecule has 1 N–H and O–H groups in total. The van der Waals surface area contributed by atoms with Gasteiger partial charge in [-0.3, -0.25) is 0 Å². The second-order valence-corrected chi connectivity index (χ2v) is 5.93. The molecular weight excluding hydrogens is 242 g/mol. The number of thioether (sulfide) groups is 1. The molecule has 100 valence electrons. The van der Waals surface area contributed by atoms with Gasteiger partial charge in [-0.1, -0.05) is 24.3 Å². The van der Waals surface area contributed by atoms with E-state index in [2.05, 4.69) is 36.5 Å². The van der Waals surface area contributed by atoms with Crippen molar-refractivity contribution >= 4 is 11.8 Å². The van der Waals surface area contributed by atoms with Gasteiger partial charge in [0.1, 0.15) is 0 Å². The fraction of sp³-hybridized carbons (Fsp3) is 0.600. The first-order chi connectivity index (χ1) is 8.86. The van der Waals surface area contributed by atoms with Gasteiger partial charge >= 0.3 is 0 Å². The lowest BCUT2D eigenvalue weighted by Gasteiger charge is -2.23. The van der Waals surface area contributed by atoms with Gasteiger partial charge in [0.15, 0.2) is 0 Å². The van der Waals surface area contributed by atoms with Crippen LogP contribution in [0.25, 0.3) is 0 Å². The van der Waals surface area contributed by atoms with Crippen LogP contribution in [-0.4, -0.2) is 31.6 Å². The van der Waals surface area contributed by atoms with Crippen molar-refractivity contribution in [2.75, 3.05) is 25.5 Å². The Morgan fingerprint density at radius 1 is 1.28 bits per heavy atom. The summed E-state index contributed by atoms with van der Waals surface area (Å²) in [5, 5.41) is 3.62. The van der Waals surface area contributed by atoms with E-state index >= 15 is 0 Å². The topological polar surface area (TPSA) is 21.3 Å². The molecule has 0 radical (unpaired) electrons. The van der Waals surface area contributed by atoms with Gasteiger partial charge in [-0.2, -0.15) is 11.8 Å². The standard InChI is InChI=1S/C15H23NOS/c1-13-4-2-3-5-14(13)12-18-11-8-16-15-6-9-17-10-7-15/h2-5,15-16H,6-12H2,1H3. The summed E-state index contributed by atoms with van der Waals surface area (Å²) in [5.74, 6) is 2.31. The molecule has 0 aromatic heterocycles. The van der Waals surface area contributed by atoms with E-state index in [1.807, 2.05) is 11.8 Å². The molecule has 1 aliphatic heterocycles. The minimum atomic E-state index is 0.679. The fourth-order valence-corrected chi connectivity index (χ4v) is 3.14. The van der Waals surface area contributed by atoms with Crippen LogP contribution in [0.15, 0.2) is 24.3 Å². The summed E-state index contributed by atoms with van der Waals surface area (Å²) >= 11 is 2.02. The highest BCUT2D eigenvalue weighted by molar-refractivity contribution is 7.98. The summed E-state index contributed by atoms with van der Waals surface area (Å²) in [4.78, 5) is 0. The van der Waals surface area contributed by atoms with E-state index in [1.54, 1.807) is 0 Å². The minimum Gasteiger partial charge on any atom is -0.381 e. The molecule has 1 aromatic carbocycles. The first kappa shape index (κ1) is 13.9. The lowest BCUT2D eigenvalue weighted by molar-refractivity contribution is 0.0786. The third-order valence-corrected chi connectivity index (χ3v) is 4.43. The van der Waals surface area contributed by atoms with Crippen LogP contribution in [0.3, 0.4) is 0 Å². The zero-order chi connectivity index (χ0) is 12.6. The van der Waals surface area contributed by atoms with Gasteiger partial charge in [0.25, 0.3) is 0 Å². The van der Waals surface area contributed by atoms with Crippen LogP contribution in [0, 0.1) is 6.92 Å². The van der Waals surface area contributed by atoms with Gasteiger partial charge in [-0.15, -0.1) is 0 Å². The molecule has 3 heteroatoms. The Labute approximate surface area is 114 Å². The molecule has 1 heterocycles. The predicted octanol–water partition coefficient (Wildman–Crippen LogP) is 3.00. The average Bonchev–Trinajstić information content (AvgIpc) is 2.42. The Kier molecular flexibility index (Phi) is 6.05. The monoisotopic (exact) mass is 265 g/mol. The zero-order valence-electron chi connectivity index (χ0n) is 11.2. The molecule has 0 atom stereocenters. The Bertz CT molecular complexity index is 350. The van der Waals surface area contributed by atoms with Crippen molar-refractivity contribution in [3.05, 3.63) is 35.4 Å². The van der Waals surface area contributed by atoms with Crippen molar-refractivity contribution in [3.63, 3.8) is 0 Å². The van der Waals surface area contributed by atoms with Crippen LogP contribution in [0.5, 0.6) is 0 Å². The van der Waals surface area contributed by atoms with E-state index < -0.39 is 0 Å². The number of benzene rings is 1. The van der Waals surface area contributed by atoms with Crippen molar-refractivity contribution in [1.82, 2.24) is 5.32 Å². The highest BCUT2D eigenvalue weighted by atomic mass is 32.2. The second kappa shape index (κ2) is 7.82. The number of hydrogen-bond donors (Lipinski definition) is 1. The van der Waals surface area contributed by atoms with Crippen LogP contribution >= 0.6 is 11.8 Å². The lowest BCUT2D eigenvalue weighted by Crippen LogP contribution is -2.36. The minimum absolute atomic E-state index is 0.679. The summed E-state index contributed by atoms with van der Waals surface area (Å²) in [5.41, 5.74) is 2.87. The first-order valence-corrected chi connectivity index (χ1v) is 7.95. The van der Waals surface area contributed by atoms with E-state index in [1.165, 1.54) is 29.7 Å². The predicted molar refractivity (Wildman–Crippen MR) is 79.2 cm³/mol. The van der Waals surface area contributed by atoms with E-state index in [0.29, 0.717) is 6.04 Å². The normalized spacial score (nSPS) is 16.9. The molecule has 0 spiro atoms. The molecule has 18 heavy (non-hydrogen) atoms. The van der Waals surface area contributed by atoms with Gasteiger partial charge in [0.05, 0.1) is 0 Å². The molecule has 0 unspecified atom stereocenters. The number of ether oxygens (including phenoxy) is 1. The maximum atomic E-state index is 5.35. The first-order valence-electron chi connectivity index (χ1n) is 6.79. The molecule has 0 bridgehead atoms. The maximum Gasteiger partial charge on any atom is 0.0480 e. The van der Waals surface area contributed by atoms with E-state index in [4.69, 9.17) is 4.74 Å². The second-order valence-electron chi connectivity index (χ2n) is 4.82. The molecule has 1 aromatic rings. The maximum absolute atomic E-state index is 5.35. The van der Waals surface area contributed by atoms with Gasteiger partial charge in [-0.25, -0.2) is 0 Å². The van der Waals surface area contributed by atoms with Crippen molar-refractivity contribution in [2.24, 2.45) is 0 Å². The van der Waals surface area contributed by atoms with Crippen LogP contribution in [0.1, 0.15) is 24.0 Å². The smallest absolute Gasteiger partial charge is 0.0480 e. The Morgan fingerprint density at radius 2 is 2.06 bits per heavy atom. The zero-order valence-corrected chi connectivity index (χ0v) is 12.0. The van der Waals surface area contributed by atoms with E-state index in [0.717, 1.165) is 25.5 Å². The summed E-state index contributed by atoms with van der Waals surface area (Å²) in [6.45, 7) is 5.15. The third-order valence-electron chi connectivity index (χ3n) is 3.42. The molecule has 1 aliphatic rings. The molecule has 1 fully saturated rings. The molecule has 1 saturated heterocycles. The largest absolute Gasteiger partial charge is 0.381 e. The quantitative estimate of drug-likeness (QED) is 0.799. The summed E-state index contributed by atoms with van der Waals surface area (Å²) in [6.07, 6.45) is 2.34. The Hall–Kier alpha value is -0.510. The number of hydrogen-bond acceptors (Lipinski definition) is 3. The Morgan fingerprint density at radius 3 is 2.83 bits per heavy atom. The highest BCUT2D eigenvalue weighted by Gasteiger charge is 2.11. The Balaban J connectivity index is 1.57. The van der Waals surface area contributed by atoms with Crippen molar-refractivity contribution < 1.29 is 4.74 Å². The number of nitrogens with one attached hydrogen (secondary N) is 1. The van der Waals surface area contributed by atoms with Crippen LogP contribution in [0.4, 0.5) is 0 Å². The fourth-order valence-electron chi connectivity index (χ4n) is 2.19. The van der Waals surface area contributed by atoms with E-state index in [-0.39, 0.29) is 0 Å². The van der Waals surface area contributed by atoms with Crippen LogP contribution in [0.2, 0.25) is 0 Å². The highest BCUT2D eigenvalue weighted by Crippen LogP contribution is 2.15. The molecule has 0 amide bonds. The summed E-state index contributed by atoms with van der Waals surface area (Å²) in [6, 6.07) is 9.34. The van der Waals surface area contributed by atoms with Crippen LogP contribution < -0.4 is 5.32 Å². The van der Waals surface area contributed by atoms with Gasteiger partial charge in [0.2, 0.25) is 0 Å². The van der Waals surface area contributed by atoms with Crippen molar-refractivity contribution in [2.45, 2.75) is 31.6 Å². The van der Waals surface area contributed by atoms with Crippen molar-refractivity contribution in [1.29, 1.82) is 0 Å². The average molecular weight is 265 g/mol. The molecule has 0 saturated carbocycles. The number of rotatable bonds is 6. The lowest BCUT2D eigenvalue weighted by atomic mass is 10.1.